The first-order valence-corrected chi connectivity index (χ1v) is 4.61. The lowest BCUT2D eigenvalue weighted by molar-refractivity contribution is 0.714. The lowest BCUT2D eigenvalue weighted by atomic mass is 10.4. The Kier molecular flexibility index (Phi) is 2.84. The van der Waals surface area contributed by atoms with Gasteiger partial charge in [-0.25, -0.2) is 0 Å². The molecule has 0 fully saturated rings. The number of aryl methyl sites for hydroxylation is 2. The van der Waals surface area contributed by atoms with Gasteiger partial charge in [-0.2, -0.15) is 5.10 Å². The van der Waals surface area contributed by atoms with Gasteiger partial charge in [0.1, 0.15) is 5.69 Å². The summed E-state index contributed by atoms with van der Waals surface area (Å²) in [6, 6.07) is 0. The minimum Gasteiger partial charge on any atom is -0.266 e. The number of rotatable bonds is 0. The smallest absolute Gasteiger partial charge is 0.233 e. The maximum absolute atomic E-state index is 5.86. The molecule has 68 valence electrons. The molecule has 0 bridgehead atoms. The molecule has 0 amide bonds. The van der Waals surface area contributed by atoms with Crippen LogP contribution in [-0.2, 0) is 10.8 Å². The van der Waals surface area contributed by atoms with Crippen molar-refractivity contribution in [3.8, 4) is 0 Å². The highest BCUT2D eigenvalue weighted by molar-refractivity contribution is 6.67. The fourth-order valence-corrected chi connectivity index (χ4v) is 2.04. The quantitative estimate of drug-likeness (QED) is 0.644. The van der Waals surface area contributed by atoms with Crippen LogP contribution in [0.4, 0.5) is 0 Å². The van der Waals surface area contributed by atoms with Crippen LogP contribution in [0.3, 0.4) is 0 Å². The van der Waals surface area contributed by atoms with Crippen LogP contribution >= 0.6 is 46.4 Å². The summed E-state index contributed by atoms with van der Waals surface area (Å²) < 4.78 is -0.0578. The van der Waals surface area contributed by atoms with Crippen LogP contribution in [0.15, 0.2) is 0 Å². The lowest BCUT2D eigenvalue weighted by Crippen LogP contribution is -2.08. The van der Waals surface area contributed by atoms with Crippen molar-refractivity contribution in [1.29, 1.82) is 0 Å². The Morgan fingerprint density at radius 2 is 1.83 bits per heavy atom. The number of nitrogens with zero attached hydrogens (tertiary/aromatic N) is 2. The van der Waals surface area contributed by atoms with Crippen molar-refractivity contribution in [3.63, 3.8) is 0 Å². The monoisotopic (exact) mass is 246 g/mol. The van der Waals surface area contributed by atoms with Gasteiger partial charge in [-0.1, -0.05) is 46.4 Å². The van der Waals surface area contributed by atoms with E-state index in [-0.39, 0.29) is 0 Å². The van der Waals surface area contributed by atoms with Crippen molar-refractivity contribution in [2.45, 2.75) is 10.7 Å². The van der Waals surface area contributed by atoms with Gasteiger partial charge in [0.25, 0.3) is 0 Å². The molecule has 1 aromatic rings. The third-order valence-electron chi connectivity index (χ3n) is 1.42. The summed E-state index contributed by atoms with van der Waals surface area (Å²) in [7, 11) is 1.68. The van der Waals surface area contributed by atoms with Crippen LogP contribution in [0.25, 0.3) is 0 Å². The van der Waals surface area contributed by atoms with E-state index in [1.54, 1.807) is 14.0 Å². The van der Waals surface area contributed by atoms with E-state index in [1.807, 2.05) is 0 Å². The Labute approximate surface area is 90.3 Å². The molecule has 0 aliphatic rings. The number of hydrogen-bond donors (Lipinski definition) is 0. The van der Waals surface area contributed by atoms with E-state index < -0.39 is 3.79 Å². The molecule has 0 radical (unpaired) electrons. The summed E-state index contributed by atoms with van der Waals surface area (Å²) >= 11 is 22.9. The van der Waals surface area contributed by atoms with Crippen molar-refractivity contribution >= 4 is 46.4 Å². The maximum atomic E-state index is 5.86. The van der Waals surface area contributed by atoms with E-state index >= 15 is 0 Å². The molecule has 0 atom stereocenters. The molecule has 0 N–H and O–H groups in total. The number of halogens is 4. The molecule has 0 spiro atoms. The van der Waals surface area contributed by atoms with E-state index in [0.717, 1.165) is 0 Å². The molecule has 0 aliphatic heterocycles. The molecular formula is C6H6Cl4N2. The average molecular weight is 248 g/mol. The molecule has 1 aromatic heterocycles. The van der Waals surface area contributed by atoms with Gasteiger partial charge in [0.15, 0.2) is 0 Å². The second-order valence-electron chi connectivity index (χ2n) is 2.37. The Hall–Kier alpha value is 0.370. The van der Waals surface area contributed by atoms with Crippen molar-refractivity contribution in [2.75, 3.05) is 0 Å². The number of alkyl halides is 3. The molecule has 1 heterocycles. The molecule has 12 heavy (non-hydrogen) atoms. The predicted octanol–water partition coefficient (Wildman–Crippen LogP) is 3.21. The van der Waals surface area contributed by atoms with Crippen LogP contribution in [0.2, 0.25) is 5.02 Å². The summed E-state index contributed by atoms with van der Waals surface area (Å²) in [6.45, 7) is 1.75. The van der Waals surface area contributed by atoms with Gasteiger partial charge < -0.3 is 0 Å². The minimum atomic E-state index is -1.52. The van der Waals surface area contributed by atoms with E-state index in [2.05, 4.69) is 5.10 Å². The summed E-state index contributed by atoms with van der Waals surface area (Å²) in [5, 5.41) is 4.41. The zero-order valence-corrected chi connectivity index (χ0v) is 9.43. The molecule has 0 unspecified atom stereocenters. The average Bonchev–Trinajstić information content (AvgIpc) is 2.05. The third kappa shape index (κ3) is 1.82. The third-order valence-corrected chi connectivity index (χ3v) is 2.41. The fourth-order valence-electron chi connectivity index (χ4n) is 0.940. The number of aromatic nitrogens is 2. The van der Waals surface area contributed by atoms with Crippen LogP contribution in [-0.4, -0.2) is 9.78 Å². The summed E-state index contributed by atoms with van der Waals surface area (Å²) in [4.78, 5) is 0. The fraction of sp³-hybridized carbons (Fsp3) is 0.500. The zero-order valence-electron chi connectivity index (χ0n) is 6.41. The Bertz CT molecular complexity index is 299. The number of hydrogen-bond acceptors (Lipinski definition) is 1. The summed E-state index contributed by atoms with van der Waals surface area (Å²) in [6.07, 6.45) is 0. The van der Waals surface area contributed by atoms with Gasteiger partial charge in [0.05, 0.1) is 10.7 Å². The minimum absolute atomic E-state index is 0.395. The predicted molar refractivity (Wildman–Crippen MR) is 52.2 cm³/mol. The molecule has 1 rings (SSSR count). The SMILES string of the molecule is Cc1nn(C)c(C(Cl)(Cl)Cl)c1Cl. The maximum Gasteiger partial charge on any atom is 0.233 e. The van der Waals surface area contributed by atoms with Gasteiger partial charge in [-0.3, -0.25) is 4.68 Å². The van der Waals surface area contributed by atoms with Gasteiger partial charge in [0, 0.05) is 7.05 Å². The zero-order chi connectivity index (χ0) is 9.52. The summed E-state index contributed by atoms with van der Waals surface area (Å²) in [5.41, 5.74) is 1.05. The molecule has 0 aromatic carbocycles. The highest BCUT2D eigenvalue weighted by atomic mass is 35.6. The Morgan fingerprint density at radius 3 is 2.00 bits per heavy atom. The van der Waals surface area contributed by atoms with E-state index in [4.69, 9.17) is 46.4 Å². The van der Waals surface area contributed by atoms with Crippen LogP contribution in [0.5, 0.6) is 0 Å². The molecule has 0 saturated carbocycles. The van der Waals surface area contributed by atoms with E-state index in [1.165, 1.54) is 4.68 Å². The highest BCUT2D eigenvalue weighted by Gasteiger charge is 2.31. The first kappa shape index (κ1) is 10.5. The lowest BCUT2D eigenvalue weighted by Gasteiger charge is -2.11. The van der Waals surface area contributed by atoms with E-state index in [9.17, 15) is 0 Å². The summed E-state index contributed by atoms with van der Waals surface area (Å²) in [5.74, 6) is 0. The van der Waals surface area contributed by atoms with Crippen LogP contribution < -0.4 is 0 Å². The molecule has 0 aliphatic carbocycles. The van der Waals surface area contributed by atoms with Crippen molar-refractivity contribution in [1.82, 2.24) is 9.78 Å². The van der Waals surface area contributed by atoms with Gasteiger partial charge in [-0.15, -0.1) is 0 Å². The largest absolute Gasteiger partial charge is 0.266 e. The molecule has 0 saturated heterocycles. The van der Waals surface area contributed by atoms with Gasteiger partial charge in [-0.05, 0) is 6.92 Å². The first-order valence-electron chi connectivity index (χ1n) is 3.10. The standard InChI is InChI=1S/C6H6Cl4N2/c1-3-4(7)5(6(8,9)10)12(2)11-3/h1-2H3. The molecule has 6 heteroatoms. The first-order chi connectivity index (χ1) is 5.34. The van der Waals surface area contributed by atoms with Crippen molar-refractivity contribution in [3.05, 3.63) is 16.4 Å². The van der Waals surface area contributed by atoms with Gasteiger partial charge in [0.2, 0.25) is 3.79 Å². The van der Waals surface area contributed by atoms with Crippen LogP contribution in [0.1, 0.15) is 11.4 Å². The van der Waals surface area contributed by atoms with Crippen LogP contribution in [0, 0.1) is 6.92 Å². The second kappa shape index (κ2) is 3.26. The van der Waals surface area contributed by atoms with Crippen molar-refractivity contribution in [2.24, 2.45) is 7.05 Å². The van der Waals surface area contributed by atoms with Gasteiger partial charge >= 0.3 is 0 Å². The van der Waals surface area contributed by atoms with E-state index in [0.29, 0.717) is 16.4 Å². The topological polar surface area (TPSA) is 17.8 Å². The molecular weight excluding hydrogens is 242 g/mol. The Balaban J connectivity index is 3.32. The Morgan fingerprint density at radius 1 is 1.33 bits per heavy atom. The highest BCUT2D eigenvalue weighted by Crippen LogP contribution is 2.42. The second-order valence-corrected chi connectivity index (χ2v) is 5.03. The normalized spacial score (nSPS) is 12.2. The van der Waals surface area contributed by atoms with Crippen molar-refractivity contribution < 1.29 is 0 Å². The molecule has 2 nitrogen and oxygen atoms in total.